The van der Waals surface area contributed by atoms with E-state index in [1.807, 2.05) is 36.4 Å². The van der Waals surface area contributed by atoms with E-state index in [-0.39, 0.29) is 0 Å². The molecule has 0 unspecified atom stereocenters. The zero-order chi connectivity index (χ0) is 14.5. The van der Waals surface area contributed by atoms with E-state index in [0.717, 1.165) is 11.3 Å². The molecule has 0 bridgehead atoms. The van der Waals surface area contributed by atoms with Crippen LogP contribution in [-0.4, -0.2) is 15.2 Å². The number of hydrogen-bond donors (Lipinski definition) is 1. The van der Waals surface area contributed by atoms with Gasteiger partial charge in [0, 0.05) is 12.1 Å². The van der Waals surface area contributed by atoms with Crippen LogP contribution in [0.3, 0.4) is 0 Å². The molecule has 0 radical (unpaired) electrons. The van der Waals surface area contributed by atoms with Crippen molar-refractivity contribution in [3.8, 4) is 11.3 Å². The second-order valence-corrected chi connectivity index (χ2v) is 4.82. The van der Waals surface area contributed by atoms with Gasteiger partial charge < -0.3 is 5.32 Å². The average Bonchev–Trinajstić information content (AvgIpc) is 2.55. The van der Waals surface area contributed by atoms with Crippen LogP contribution in [0.25, 0.3) is 11.3 Å². The number of hydrogen-bond acceptors (Lipinski definition) is 4. The van der Waals surface area contributed by atoms with Crippen LogP contribution >= 0.6 is 0 Å². The van der Waals surface area contributed by atoms with Crippen molar-refractivity contribution in [3.63, 3.8) is 0 Å². The normalized spacial score (nSPS) is 10.3. The van der Waals surface area contributed by atoms with Gasteiger partial charge in [0.25, 0.3) is 0 Å². The van der Waals surface area contributed by atoms with Gasteiger partial charge in [-0.3, -0.25) is 0 Å². The molecule has 0 aliphatic carbocycles. The van der Waals surface area contributed by atoms with Crippen molar-refractivity contribution in [2.75, 3.05) is 5.32 Å². The summed E-state index contributed by atoms with van der Waals surface area (Å²) in [4.78, 5) is 4.53. The highest BCUT2D eigenvalue weighted by Crippen LogP contribution is 2.20. The van der Waals surface area contributed by atoms with Gasteiger partial charge in [-0.1, -0.05) is 54.6 Å². The van der Waals surface area contributed by atoms with Gasteiger partial charge in [-0.15, -0.1) is 5.10 Å². The Labute approximate surface area is 123 Å². The first-order valence-electron chi connectivity index (χ1n) is 6.86. The Morgan fingerprint density at radius 2 is 1.71 bits per heavy atom. The van der Waals surface area contributed by atoms with Crippen LogP contribution in [0.1, 0.15) is 11.1 Å². The van der Waals surface area contributed by atoms with E-state index in [9.17, 15) is 0 Å². The van der Waals surface area contributed by atoms with Crippen LogP contribution in [0.2, 0.25) is 0 Å². The molecule has 0 amide bonds. The second kappa shape index (κ2) is 6.13. The summed E-state index contributed by atoms with van der Waals surface area (Å²) < 4.78 is 0. The van der Waals surface area contributed by atoms with Gasteiger partial charge in [0.1, 0.15) is 0 Å². The Morgan fingerprint density at radius 3 is 2.52 bits per heavy atom. The minimum absolute atomic E-state index is 0.541. The number of benzene rings is 2. The molecule has 2 aromatic carbocycles. The maximum absolute atomic E-state index is 4.53. The van der Waals surface area contributed by atoms with E-state index in [4.69, 9.17) is 0 Å². The SMILES string of the molecule is Cc1ccccc1-c1cnnc(NCc2ccccc2)n1. The van der Waals surface area contributed by atoms with E-state index in [2.05, 4.69) is 45.6 Å². The van der Waals surface area contributed by atoms with Crippen LogP contribution in [-0.2, 0) is 6.54 Å². The Balaban J connectivity index is 1.79. The first-order chi connectivity index (χ1) is 10.3. The monoisotopic (exact) mass is 276 g/mol. The fourth-order valence-electron chi connectivity index (χ4n) is 2.15. The summed E-state index contributed by atoms with van der Waals surface area (Å²) in [5, 5.41) is 11.3. The molecule has 4 heteroatoms. The summed E-state index contributed by atoms with van der Waals surface area (Å²) in [5.74, 6) is 0.541. The molecule has 0 saturated carbocycles. The molecule has 0 spiro atoms. The Hall–Kier alpha value is -2.75. The van der Waals surface area contributed by atoms with E-state index in [1.54, 1.807) is 6.20 Å². The molecule has 21 heavy (non-hydrogen) atoms. The van der Waals surface area contributed by atoms with Crippen molar-refractivity contribution in [1.29, 1.82) is 0 Å². The van der Waals surface area contributed by atoms with E-state index in [1.165, 1.54) is 11.1 Å². The van der Waals surface area contributed by atoms with Crippen LogP contribution in [0.5, 0.6) is 0 Å². The quantitative estimate of drug-likeness (QED) is 0.793. The average molecular weight is 276 g/mol. The molecule has 104 valence electrons. The zero-order valence-corrected chi connectivity index (χ0v) is 11.8. The van der Waals surface area contributed by atoms with Gasteiger partial charge in [-0.2, -0.15) is 5.10 Å². The summed E-state index contributed by atoms with van der Waals surface area (Å²) in [6.45, 7) is 2.74. The smallest absolute Gasteiger partial charge is 0.243 e. The van der Waals surface area contributed by atoms with Gasteiger partial charge in [-0.05, 0) is 18.1 Å². The number of anilines is 1. The fourth-order valence-corrected chi connectivity index (χ4v) is 2.15. The zero-order valence-electron chi connectivity index (χ0n) is 11.8. The first-order valence-corrected chi connectivity index (χ1v) is 6.86. The number of aromatic nitrogens is 3. The van der Waals surface area contributed by atoms with Crippen molar-refractivity contribution in [2.24, 2.45) is 0 Å². The third-order valence-corrected chi connectivity index (χ3v) is 3.27. The minimum Gasteiger partial charge on any atom is -0.349 e. The van der Waals surface area contributed by atoms with Gasteiger partial charge in [0.15, 0.2) is 0 Å². The predicted octanol–water partition coefficient (Wildman–Crippen LogP) is 3.46. The maximum Gasteiger partial charge on any atom is 0.243 e. The number of nitrogens with one attached hydrogen (secondary N) is 1. The summed E-state index contributed by atoms with van der Waals surface area (Å²) in [5.41, 5.74) is 4.27. The summed E-state index contributed by atoms with van der Waals surface area (Å²) >= 11 is 0. The van der Waals surface area contributed by atoms with E-state index < -0.39 is 0 Å². The standard InChI is InChI=1S/C17H16N4/c1-13-7-5-6-10-15(13)16-12-19-21-17(20-16)18-11-14-8-3-2-4-9-14/h2-10,12H,11H2,1H3,(H,18,20,21). The van der Waals surface area contributed by atoms with Gasteiger partial charge in [0.05, 0.1) is 11.9 Å². The molecular weight excluding hydrogens is 260 g/mol. The highest BCUT2D eigenvalue weighted by atomic mass is 15.2. The lowest BCUT2D eigenvalue weighted by Crippen LogP contribution is -2.05. The summed E-state index contributed by atoms with van der Waals surface area (Å²) in [6, 6.07) is 18.3. The molecule has 1 N–H and O–H groups in total. The Bertz CT molecular complexity index is 726. The molecule has 0 saturated heterocycles. The van der Waals surface area contributed by atoms with Crippen molar-refractivity contribution in [2.45, 2.75) is 13.5 Å². The highest BCUT2D eigenvalue weighted by Gasteiger charge is 2.05. The third kappa shape index (κ3) is 3.23. The van der Waals surface area contributed by atoms with Crippen LogP contribution in [0.15, 0.2) is 60.8 Å². The van der Waals surface area contributed by atoms with Crippen LogP contribution in [0, 0.1) is 6.92 Å². The molecule has 3 aromatic rings. The molecule has 0 fully saturated rings. The fraction of sp³-hybridized carbons (Fsp3) is 0.118. The molecule has 4 nitrogen and oxygen atoms in total. The second-order valence-electron chi connectivity index (χ2n) is 4.82. The van der Waals surface area contributed by atoms with Crippen molar-refractivity contribution in [1.82, 2.24) is 15.2 Å². The van der Waals surface area contributed by atoms with Crippen molar-refractivity contribution >= 4 is 5.95 Å². The number of rotatable bonds is 4. The van der Waals surface area contributed by atoms with E-state index in [0.29, 0.717) is 12.5 Å². The summed E-state index contributed by atoms with van der Waals surface area (Å²) in [6.07, 6.45) is 1.69. The molecule has 3 rings (SSSR count). The number of aryl methyl sites for hydroxylation is 1. The lowest BCUT2D eigenvalue weighted by Gasteiger charge is -2.07. The molecule has 1 aromatic heterocycles. The molecule has 0 aliphatic rings. The van der Waals surface area contributed by atoms with E-state index >= 15 is 0 Å². The van der Waals surface area contributed by atoms with Crippen LogP contribution < -0.4 is 5.32 Å². The minimum atomic E-state index is 0.541. The highest BCUT2D eigenvalue weighted by molar-refractivity contribution is 5.63. The topological polar surface area (TPSA) is 50.7 Å². The maximum atomic E-state index is 4.53. The molecule has 1 heterocycles. The molecule has 0 atom stereocenters. The van der Waals surface area contributed by atoms with Crippen LogP contribution in [0.4, 0.5) is 5.95 Å². The predicted molar refractivity (Wildman–Crippen MR) is 83.8 cm³/mol. The van der Waals surface area contributed by atoms with Gasteiger partial charge in [-0.25, -0.2) is 4.98 Å². The molecular formula is C17H16N4. The largest absolute Gasteiger partial charge is 0.349 e. The Kier molecular flexibility index (Phi) is 3.87. The summed E-state index contributed by atoms with van der Waals surface area (Å²) in [7, 11) is 0. The van der Waals surface area contributed by atoms with Crippen molar-refractivity contribution in [3.05, 3.63) is 71.9 Å². The molecule has 0 aliphatic heterocycles. The number of nitrogens with zero attached hydrogens (tertiary/aromatic N) is 3. The Morgan fingerprint density at radius 1 is 0.952 bits per heavy atom. The van der Waals surface area contributed by atoms with Gasteiger partial charge in [0.2, 0.25) is 5.95 Å². The first kappa shape index (κ1) is 13.2. The third-order valence-electron chi connectivity index (χ3n) is 3.27. The lowest BCUT2D eigenvalue weighted by molar-refractivity contribution is 0.948. The van der Waals surface area contributed by atoms with Gasteiger partial charge >= 0.3 is 0 Å². The lowest BCUT2D eigenvalue weighted by atomic mass is 10.1. The van der Waals surface area contributed by atoms with Crippen molar-refractivity contribution < 1.29 is 0 Å².